The molecule has 4 rings (SSSR count). The van der Waals surface area contributed by atoms with Gasteiger partial charge in [-0.25, -0.2) is 0 Å². The Kier molecular flexibility index (Phi) is 15.0. The summed E-state index contributed by atoms with van der Waals surface area (Å²) in [6, 6.07) is 22.6. The van der Waals surface area contributed by atoms with Gasteiger partial charge in [0.15, 0.2) is 5.79 Å². The van der Waals surface area contributed by atoms with E-state index in [9.17, 15) is 0 Å². The summed E-state index contributed by atoms with van der Waals surface area (Å²) in [7, 11) is 0. The number of rotatable bonds is 22. The molecule has 0 spiro atoms. The minimum atomic E-state index is -0.583. The summed E-state index contributed by atoms with van der Waals surface area (Å²) in [6.07, 6.45) is 25.0. The van der Waals surface area contributed by atoms with E-state index in [2.05, 4.69) is 74.5 Å². The Labute approximate surface area is 259 Å². The van der Waals surface area contributed by atoms with Gasteiger partial charge >= 0.3 is 0 Å². The van der Waals surface area contributed by atoms with E-state index in [-0.39, 0.29) is 0 Å². The smallest absolute Gasteiger partial charge is 0.182 e. The van der Waals surface area contributed by atoms with Gasteiger partial charge < -0.3 is 9.47 Å². The maximum absolute atomic E-state index is 7.26. The monoisotopic (exact) mass is 574 g/mol. The summed E-state index contributed by atoms with van der Waals surface area (Å²) in [5.74, 6) is 1.24. The molecular weight excluding hydrogens is 512 g/mol. The molecular formula is C40H62O2. The predicted molar refractivity (Wildman–Crippen MR) is 179 cm³/mol. The van der Waals surface area contributed by atoms with E-state index in [1.165, 1.54) is 120 Å². The summed E-state index contributed by atoms with van der Waals surface area (Å²) in [4.78, 5) is 0. The molecule has 2 saturated carbocycles. The fourth-order valence-electron chi connectivity index (χ4n) is 8.25. The molecule has 2 aliphatic carbocycles. The SMILES string of the molecule is CCCCCCCCCCOC1(OCCCCCCCCCC)C(c2ccccc2)[C@H]2CCC[C@H]2C1c1ccccc1. The van der Waals surface area contributed by atoms with Gasteiger partial charge in [-0.1, -0.05) is 171 Å². The fraction of sp³-hybridized carbons (Fsp3) is 0.700. The van der Waals surface area contributed by atoms with Crippen molar-refractivity contribution in [3.05, 3.63) is 71.8 Å². The van der Waals surface area contributed by atoms with Gasteiger partial charge in [-0.15, -0.1) is 0 Å². The van der Waals surface area contributed by atoms with Crippen molar-refractivity contribution in [1.82, 2.24) is 0 Å². The Balaban J connectivity index is 1.49. The molecule has 0 saturated heterocycles. The molecule has 0 heterocycles. The average Bonchev–Trinajstić information content (AvgIpc) is 3.58. The standard InChI is InChI=1S/C40H62O2/c1-3-5-7-9-11-13-15-23-32-41-40(42-33-24-16-14-12-10-8-6-4-2)38(34-26-19-17-20-27-34)36-30-25-31-37(36)39(40)35-28-21-18-22-29-35/h17-22,26-29,36-39H,3-16,23-25,30-33H2,1-2H3/t36-,37+,38?,39?. The lowest BCUT2D eigenvalue weighted by atomic mass is 9.82. The fourth-order valence-corrected chi connectivity index (χ4v) is 8.25. The Morgan fingerprint density at radius 1 is 0.500 bits per heavy atom. The zero-order valence-electron chi connectivity index (χ0n) is 27.2. The number of ether oxygens (including phenoxy) is 2. The van der Waals surface area contributed by atoms with Gasteiger partial charge in [-0.05, 0) is 48.6 Å². The maximum Gasteiger partial charge on any atom is 0.182 e. The molecule has 0 bridgehead atoms. The molecule has 0 N–H and O–H groups in total. The van der Waals surface area contributed by atoms with Crippen molar-refractivity contribution in [1.29, 1.82) is 0 Å². The Morgan fingerprint density at radius 2 is 0.857 bits per heavy atom. The van der Waals surface area contributed by atoms with Crippen LogP contribution in [0.1, 0.15) is 159 Å². The topological polar surface area (TPSA) is 18.5 Å². The summed E-state index contributed by atoms with van der Waals surface area (Å²) in [6.45, 7) is 6.20. The van der Waals surface area contributed by atoms with Crippen LogP contribution in [0.15, 0.2) is 60.7 Å². The first-order valence-corrected chi connectivity index (χ1v) is 18.2. The molecule has 4 atom stereocenters. The second-order valence-corrected chi connectivity index (χ2v) is 13.4. The van der Waals surface area contributed by atoms with E-state index >= 15 is 0 Å². The molecule has 2 nitrogen and oxygen atoms in total. The Bertz CT molecular complexity index is 863. The van der Waals surface area contributed by atoms with Crippen LogP contribution >= 0.6 is 0 Å². The minimum absolute atomic E-state index is 0.291. The second kappa shape index (κ2) is 18.9. The van der Waals surface area contributed by atoms with Gasteiger partial charge in [0.05, 0.1) is 13.2 Å². The van der Waals surface area contributed by atoms with Crippen LogP contribution in [-0.2, 0) is 9.47 Å². The molecule has 0 aliphatic heterocycles. The third-order valence-electron chi connectivity index (χ3n) is 10.3. The van der Waals surface area contributed by atoms with Crippen molar-refractivity contribution in [3.63, 3.8) is 0 Å². The normalized spacial score (nSPS) is 22.9. The second-order valence-electron chi connectivity index (χ2n) is 13.4. The van der Waals surface area contributed by atoms with Crippen LogP contribution in [-0.4, -0.2) is 19.0 Å². The van der Waals surface area contributed by atoms with Crippen molar-refractivity contribution in [3.8, 4) is 0 Å². The van der Waals surface area contributed by atoms with E-state index in [0.29, 0.717) is 23.7 Å². The summed E-state index contributed by atoms with van der Waals surface area (Å²) < 4.78 is 14.5. The minimum Gasteiger partial charge on any atom is -0.349 e. The van der Waals surface area contributed by atoms with Gasteiger partial charge in [0.2, 0.25) is 0 Å². The van der Waals surface area contributed by atoms with Crippen LogP contribution in [0, 0.1) is 11.8 Å². The first kappa shape index (κ1) is 33.3. The van der Waals surface area contributed by atoms with Gasteiger partial charge in [-0.3, -0.25) is 0 Å². The van der Waals surface area contributed by atoms with E-state index in [1.807, 2.05) is 0 Å². The number of fused-ring (bicyclic) bond motifs is 1. The van der Waals surface area contributed by atoms with Crippen molar-refractivity contribution in [2.45, 2.75) is 153 Å². The number of benzene rings is 2. The molecule has 0 radical (unpaired) electrons. The maximum atomic E-state index is 7.26. The quantitative estimate of drug-likeness (QED) is 0.103. The molecule has 2 aromatic rings. The van der Waals surface area contributed by atoms with E-state index in [4.69, 9.17) is 9.47 Å². The van der Waals surface area contributed by atoms with Crippen molar-refractivity contribution >= 4 is 0 Å². The summed E-state index contributed by atoms with van der Waals surface area (Å²) >= 11 is 0. The van der Waals surface area contributed by atoms with Crippen LogP contribution in [0.25, 0.3) is 0 Å². The molecule has 2 aromatic carbocycles. The van der Waals surface area contributed by atoms with Crippen molar-refractivity contribution in [2.24, 2.45) is 11.8 Å². The van der Waals surface area contributed by atoms with Crippen LogP contribution in [0.5, 0.6) is 0 Å². The highest BCUT2D eigenvalue weighted by Crippen LogP contribution is 2.65. The molecule has 0 amide bonds. The molecule has 2 unspecified atom stereocenters. The van der Waals surface area contributed by atoms with E-state index in [0.717, 1.165) is 26.1 Å². The molecule has 42 heavy (non-hydrogen) atoms. The third-order valence-corrected chi connectivity index (χ3v) is 10.3. The van der Waals surface area contributed by atoms with Gasteiger partial charge in [-0.2, -0.15) is 0 Å². The number of hydrogen-bond donors (Lipinski definition) is 0. The number of hydrogen-bond acceptors (Lipinski definition) is 2. The molecule has 2 aliphatic rings. The third kappa shape index (κ3) is 9.18. The molecule has 2 heteroatoms. The van der Waals surface area contributed by atoms with Crippen molar-refractivity contribution in [2.75, 3.05) is 13.2 Å². The number of unbranched alkanes of at least 4 members (excludes halogenated alkanes) is 14. The average molecular weight is 575 g/mol. The van der Waals surface area contributed by atoms with Crippen molar-refractivity contribution < 1.29 is 9.47 Å². The Morgan fingerprint density at radius 3 is 1.24 bits per heavy atom. The predicted octanol–water partition coefficient (Wildman–Crippen LogP) is 12.0. The first-order valence-electron chi connectivity index (χ1n) is 18.2. The van der Waals surface area contributed by atoms with Crippen LogP contribution in [0.3, 0.4) is 0 Å². The lowest BCUT2D eigenvalue weighted by molar-refractivity contribution is -0.257. The molecule has 234 valence electrons. The van der Waals surface area contributed by atoms with E-state index < -0.39 is 5.79 Å². The summed E-state index contributed by atoms with van der Waals surface area (Å²) in [5.41, 5.74) is 2.83. The highest BCUT2D eigenvalue weighted by Gasteiger charge is 2.63. The first-order chi connectivity index (χ1) is 20.8. The highest BCUT2D eigenvalue weighted by molar-refractivity contribution is 5.35. The largest absolute Gasteiger partial charge is 0.349 e. The molecule has 2 fully saturated rings. The van der Waals surface area contributed by atoms with Crippen LogP contribution in [0.4, 0.5) is 0 Å². The van der Waals surface area contributed by atoms with Gasteiger partial charge in [0, 0.05) is 11.8 Å². The summed E-state index contributed by atoms with van der Waals surface area (Å²) in [5, 5.41) is 0. The van der Waals surface area contributed by atoms with Gasteiger partial charge in [0.1, 0.15) is 0 Å². The Hall–Kier alpha value is -1.64. The lowest BCUT2D eigenvalue weighted by Crippen LogP contribution is -2.45. The zero-order valence-corrected chi connectivity index (χ0v) is 27.2. The van der Waals surface area contributed by atoms with E-state index in [1.54, 1.807) is 0 Å². The molecule has 0 aromatic heterocycles. The highest BCUT2D eigenvalue weighted by atomic mass is 16.7. The zero-order chi connectivity index (χ0) is 29.3. The lowest BCUT2D eigenvalue weighted by Gasteiger charge is -2.42. The van der Waals surface area contributed by atoms with Crippen LogP contribution < -0.4 is 0 Å². The van der Waals surface area contributed by atoms with Crippen LogP contribution in [0.2, 0.25) is 0 Å². The van der Waals surface area contributed by atoms with Gasteiger partial charge in [0.25, 0.3) is 0 Å².